The zero-order valence-electron chi connectivity index (χ0n) is 52.8. The molecule has 0 aliphatic carbocycles. The summed E-state index contributed by atoms with van der Waals surface area (Å²) in [6, 6.07) is 0. The van der Waals surface area contributed by atoms with Crippen LogP contribution in [0.3, 0.4) is 0 Å². The second-order valence-electron chi connectivity index (χ2n) is 22.0. The molecule has 81 heavy (non-hydrogen) atoms. The molecule has 1 atom stereocenters. The standard InChI is InChI=1S/C75H124O6/c1-4-7-10-13-16-19-22-25-28-31-34-36-37-39-41-44-47-50-53-56-59-62-65-68-74(77)80-71-72(70-79-73(76)67-64-61-58-55-52-49-46-43-40-33-30-27-24-21-18-15-12-9-6-3)81-75(78)69-66-63-60-57-54-51-48-45-42-38-35-32-29-26-23-20-17-14-11-8-5-2/h7-8,10-11,16-17,19-20,25-26,28-29,34-36,38-39,41,45,48,54,57,72H,4-6,9,12-15,18,21-24,27,30-33,37,40,42-44,46-47,49-53,55-56,58-71H2,1-3H3/b10-7-,11-8-,19-16-,20-17-,28-25-,29-26-,36-34-,38-35-,41-39-,48-45-,57-54-. The van der Waals surface area contributed by atoms with Gasteiger partial charge in [-0.05, 0) is 116 Å². The fraction of sp³-hybridized carbons (Fsp3) is 0.667. The smallest absolute Gasteiger partial charge is 0.306 e. The van der Waals surface area contributed by atoms with Crippen molar-refractivity contribution in [3.63, 3.8) is 0 Å². The molecule has 0 aliphatic rings. The lowest BCUT2D eigenvalue weighted by atomic mass is 10.0. The number of carbonyl (C=O) groups excluding carboxylic acids is 3. The van der Waals surface area contributed by atoms with Crippen LogP contribution in [-0.2, 0) is 28.6 Å². The Kier molecular flexibility index (Phi) is 64.3. The summed E-state index contributed by atoms with van der Waals surface area (Å²) in [7, 11) is 0. The van der Waals surface area contributed by atoms with Gasteiger partial charge in [0.05, 0.1) is 0 Å². The lowest BCUT2D eigenvalue weighted by molar-refractivity contribution is -0.167. The molecule has 6 heteroatoms. The van der Waals surface area contributed by atoms with E-state index in [1.165, 1.54) is 128 Å². The van der Waals surface area contributed by atoms with Crippen molar-refractivity contribution >= 4 is 17.9 Å². The Morgan fingerprint density at radius 1 is 0.259 bits per heavy atom. The molecule has 0 saturated heterocycles. The zero-order valence-corrected chi connectivity index (χ0v) is 52.8. The summed E-state index contributed by atoms with van der Waals surface area (Å²) in [4.78, 5) is 38.4. The largest absolute Gasteiger partial charge is 0.462 e. The molecule has 0 saturated carbocycles. The van der Waals surface area contributed by atoms with Gasteiger partial charge in [-0.2, -0.15) is 0 Å². The molecule has 0 aromatic rings. The lowest BCUT2D eigenvalue weighted by Gasteiger charge is -2.18. The molecule has 0 heterocycles. The van der Waals surface area contributed by atoms with Gasteiger partial charge in [0.2, 0.25) is 0 Å². The van der Waals surface area contributed by atoms with Gasteiger partial charge >= 0.3 is 17.9 Å². The Morgan fingerprint density at radius 3 is 0.778 bits per heavy atom. The molecule has 0 rings (SSSR count). The van der Waals surface area contributed by atoms with Crippen molar-refractivity contribution in [3.8, 4) is 0 Å². The first kappa shape index (κ1) is 76.5. The van der Waals surface area contributed by atoms with Crippen molar-refractivity contribution in [2.24, 2.45) is 0 Å². The highest BCUT2D eigenvalue weighted by Gasteiger charge is 2.19. The van der Waals surface area contributed by atoms with Crippen LogP contribution in [0.15, 0.2) is 134 Å². The van der Waals surface area contributed by atoms with Gasteiger partial charge in [-0.15, -0.1) is 0 Å². The fourth-order valence-corrected chi connectivity index (χ4v) is 9.18. The number of esters is 3. The summed E-state index contributed by atoms with van der Waals surface area (Å²) in [5.74, 6) is -0.948. The van der Waals surface area contributed by atoms with Crippen molar-refractivity contribution in [2.75, 3.05) is 13.2 Å². The third-order valence-electron chi connectivity index (χ3n) is 14.2. The van der Waals surface area contributed by atoms with Crippen molar-refractivity contribution in [2.45, 2.75) is 309 Å². The van der Waals surface area contributed by atoms with Gasteiger partial charge in [-0.3, -0.25) is 14.4 Å². The minimum Gasteiger partial charge on any atom is -0.462 e. The minimum absolute atomic E-state index is 0.101. The molecule has 1 unspecified atom stereocenters. The summed E-state index contributed by atoms with van der Waals surface area (Å²) in [6.07, 6.45) is 96.0. The highest BCUT2D eigenvalue weighted by molar-refractivity contribution is 5.71. The van der Waals surface area contributed by atoms with Gasteiger partial charge in [-0.1, -0.05) is 302 Å². The first-order chi connectivity index (χ1) is 40.0. The van der Waals surface area contributed by atoms with E-state index in [-0.39, 0.29) is 37.5 Å². The third-order valence-corrected chi connectivity index (χ3v) is 14.2. The summed E-state index contributed by atoms with van der Waals surface area (Å²) in [6.45, 7) is 6.40. The van der Waals surface area contributed by atoms with E-state index < -0.39 is 6.10 Å². The molecule has 0 amide bonds. The zero-order chi connectivity index (χ0) is 58.5. The van der Waals surface area contributed by atoms with E-state index >= 15 is 0 Å². The average Bonchev–Trinajstić information content (AvgIpc) is 3.47. The summed E-state index contributed by atoms with van der Waals surface area (Å²) >= 11 is 0. The van der Waals surface area contributed by atoms with E-state index in [2.05, 4.69) is 154 Å². The van der Waals surface area contributed by atoms with Crippen molar-refractivity contribution < 1.29 is 28.6 Å². The first-order valence-electron chi connectivity index (χ1n) is 33.7. The van der Waals surface area contributed by atoms with Crippen molar-refractivity contribution in [3.05, 3.63) is 134 Å². The second-order valence-corrected chi connectivity index (χ2v) is 22.0. The van der Waals surface area contributed by atoms with E-state index in [0.717, 1.165) is 128 Å². The minimum atomic E-state index is -0.812. The highest BCUT2D eigenvalue weighted by atomic mass is 16.6. The Hall–Kier alpha value is -4.45. The Balaban J connectivity index is 4.49. The van der Waals surface area contributed by atoms with Crippen LogP contribution >= 0.6 is 0 Å². The van der Waals surface area contributed by atoms with Crippen molar-refractivity contribution in [1.29, 1.82) is 0 Å². The third kappa shape index (κ3) is 66.2. The number of unbranched alkanes of at least 4 members (excludes halogenated alkanes) is 27. The summed E-state index contributed by atoms with van der Waals surface area (Å²) in [5, 5.41) is 0. The Labute approximate surface area is 500 Å². The van der Waals surface area contributed by atoms with Crippen LogP contribution in [0.4, 0.5) is 0 Å². The molecule has 0 aromatic heterocycles. The van der Waals surface area contributed by atoms with Crippen LogP contribution in [0.25, 0.3) is 0 Å². The summed E-state index contributed by atoms with van der Waals surface area (Å²) < 4.78 is 16.9. The van der Waals surface area contributed by atoms with E-state index in [1.54, 1.807) is 0 Å². The predicted molar refractivity (Wildman–Crippen MR) is 353 cm³/mol. The molecular weight excluding hydrogens is 997 g/mol. The fourth-order valence-electron chi connectivity index (χ4n) is 9.18. The molecule has 0 fully saturated rings. The number of rotatable bonds is 60. The van der Waals surface area contributed by atoms with E-state index in [9.17, 15) is 14.4 Å². The lowest BCUT2D eigenvalue weighted by Crippen LogP contribution is -2.30. The van der Waals surface area contributed by atoms with Gasteiger partial charge < -0.3 is 14.2 Å². The van der Waals surface area contributed by atoms with E-state index in [1.807, 2.05) is 0 Å². The van der Waals surface area contributed by atoms with Crippen LogP contribution in [0.5, 0.6) is 0 Å². The molecule has 0 aliphatic heterocycles. The molecular formula is C75H124O6. The SMILES string of the molecule is CC/C=C\C/C=C\C/C=C\C/C=C\C/C=C\C/C=C\CCCCC(=O)OC(COC(=O)CCCCCCCCC/C=C\C/C=C\C/C=C\C/C=C\C/C=C\CC)COC(=O)CCCCCCCCCCCCCCCCCCCCC. The quantitative estimate of drug-likeness (QED) is 0.0261. The van der Waals surface area contributed by atoms with Crippen LogP contribution in [-0.4, -0.2) is 37.2 Å². The van der Waals surface area contributed by atoms with Gasteiger partial charge in [0.15, 0.2) is 6.10 Å². The number of carbonyl (C=O) groups is 3. The van der Waals surface area contributed by atoms with Crippen LogP contribution < -0.4 is 0 Å². The first-order valence-corrected chi connectivity index (χ1v) is 33.7. The molecule has 0 radical (unpaired) electrons. The van der Waals surface area contributed by atoms with Crippen LogP contribution in [0.2, 0.25) is 0 Å². The predicted octanol–water partition coefficient (Wildman–Crippen LogP) is 23.3. The molecule has 6 nitrogen and oxygen atoms in total. The number of hydrogen-bond acceptors (Lipinski definition) is 6. The topological polar surface area (TPSA) is 78.9 Å². The molecule has 0 spiro atoms. The Morgan fingerprint density at radius 2 is 0.481 bits per heavy atom. The van der Waals surface area contributed by atoms with E-state index in [0.29, 0.717) is 19.3 Å². The maximum atomic E-state index is 12.9. The number of allylic oxidation sites excluding steroid dienone is 22. The van der Waals surface area contributed by atoms with Crippen LogP contribution in [0, 0.1) is 0 Å². The van der Waals surface area contributed by atoms with Gasteiger partial charge in [-0.25, -0.2) is 0 Å². The maximum Gasteiger partial charge on any atom is 0.306 e. The normalized spacial score (nSPS) is 13.0. The highest BCUT2D eigenvalue weighted by Crippen LogP contribution is 2.16. The Bertz CT molecular complexity index is 1720. The molecule has 460 valence electrons. The van der Waals surface area contributed by atoms with Gasteiger partial charge in [0.1, 0.15) is 13.2 Å². The van der Waals surface area contributed by atoms with E-state index in [4.69, 9.17) is 14.2 Å². The van der Waals surface area contributed by atoms with Crippen molar-refractivity contribution in [1.82, 2.24) is 0 Å². The monoisotopic (exact) mass is 1120 g/mol. The number of hydrogen-bond donors (Lipinski definition) is 0. The molecule has 0 bridgehead atoms. The number of ether oxygens (including phenoxy) is 3. The summed E-state index contributed by atoms with van der Waals surface area (Å²) in [5.41, 5.74) is 0. The van der Waals surface area contributed by atoms with Crippen LogP contribution in [0.1, 0.15) is 303 Å². The van der Waals surface area contributed by atoms with Gasteiger partial charge in [0, 0.05) is 19.3 Å². The maximum absolute atomic E-state index is 12.9. The molecule has 0 N–H and O–H groups in total. The molecule has 0 aromatic carbocycles. The van der Waals surface area contributed by atoms with Gasteiger partial charge in [0.25, 0.3) is 0 Å². The average molecular weight is 1120 g/mol. The second kappa shape index (κ2) is 68.1.